The van der Waals surface area contributed by atoms with E-state index in [2.05, 4.69) is 31.0 Å². The molecule has 0 aliphatic carbocycles. The van der Waals surface area contributed by atoms with Gasteiger partial charge in [0.2, 0.25) is 5.91 Å². The first kappa shape index (κ1) is 13.5. The predicted octanol–water partition coefficient (Wildman–Crippen LogP) is 0.537. The first-order valence-corrected chi connectivity index (χ1v) is 6.10. The fourth-order valence-corrected chi connectivity index (χ4v) is 2.32. The summed E-state index contributed by atoms with van der Waals surface area (Å²) in [5.41, 5.74) is -0.0590. The third kappa shape index (κ3) is 2.55. The summed E-state index contributed by atoms with van der Waals surface area (Å²) in [7, 11) is 3.81. The van der Waals surface area contributed by atoms with Gasteiger partial charge in [0.05, 0.1) is 0 Å². The molecule has 1 saturated heterocycles. The molecular weight excluding hydrogens is 202 g/mol. The summed E-state index contributed by atoms with van der Waals surface area (Å²) in [6.07, 6.45) is 1.09. The van der Waals surface area contributed by atoms with E-state index in [1.165, 1.54) is 0 Å². The standard InChI is InChI=1S/C12H25N3O/c1-6-7-15-9-12(2,3)14(5)11(16)10(15)8-13-4/h10,13H,6-9H2,1-5H3. The molecule has 1 N–H and O–H groups in total. The number of carbonyl (C=O) groups is 1. The number of nitrogens with zero attached hydrogens (tertiary/aromatic N) is 2. The van der Waals surface area contributed by atoms with Crippen LogP contribution in [0.25, 0.3) is 0 Å². The maximum atomic E-state index is 12.3. The summed E-state index contributed by atoms with van der Waals surface area (Å²) < 4.78 is 0. The molecule has 0 bridgehead atoms. The van der Waals surface area contributed by atoms with Gasteiger partial charge in [0, 0.05) is 25.7 Å². The number of nitrogens with one attached hydrogen (secondary N) is 1. The number of hydrogen-bond acceptors (Lipinski definition) is 3. The van der Waals surface area contributed by atoms with E-state index < -0.39 is 0 Å². The van der Waals surface area contributed by atoms with E-state index >= 15 is 0 Å². The Kier molecular flexibility index (Phi) is 4.33. The third-order valence-corrected chi connectivity index (χ3v) is 3.46. The first-order chi connectivity index (χ1) is 7.44. The zero-order chi connectivity index (χ0) is 12.3. The van der Waals surface area contributed by atoms with Gasteiger partial charge >= 0.3 is 0 Å². The van der Waals surface area contributed by atoms with Crippen LogP contribution in [0.2, 0.25) is 0 Å². The van der Waals surface area contributed by atoms with E-state index in [0.717, 1.165) is 26.1 Å². The molecule has 16 heavy (non-hydrogen) atoms. The molecule has 1 atom stereocenters. The molecule has 1 fully saturated rings. The van der Waals surface area contributed by atoms with Crippen molar-refractivity contribution in [3.8, 4) is 0 Å². The largest absolute Gasteiger partial charge is 0.338 e. The minimum absolute atomic E-state index is 0.00275. The first-order valence-electron chi connectivity index (χ1n) is 6.10. The maximum absolute atomic E-state index is 12.3. The van der Waals surface area contributed by atoms with Crippen molar-refractivity contribution in [2.75, 3.05) is 33.7 Å². The van der Waals surface area contributed by atoms with Gasteiger partial charge in [0.25, 0.3) is 0 Å². The highest BCUT2D eigenvalue weighted by Crippen LogP contribution is 2.23. The van der Waals surface area contributed by atoms with Crippen molar-refractivity contribution in [1.82, 2.24) is 15.1 Å². The Hall–Kier alpha value is -0.610. The number of rotatable bonds is 4. The van der Waals surface area contributed by atoms with Crippen molar-refractivity contribution >= 4 is 5.91 Å². The number of amides is 1. The van der Waals surface area contributed by atoms with Crippen LogP contribution in [0.1, 0.15) is 27.2 Å². The minimum atomic E-state index is -0.0590. The fraction of sp³-hybridized carbons (Fsp3) is 0.917. The fourth-order valence-electron chi connectivity index (χ4n) is 2.32. The van der Waals surface area contributed by atoms with Gasteiger partial charge in [-0.15, -0.1) is 0 Å². The molecule has 0 aromatic rings. The molecule has 94 valence electrons. The van der Waals surface area contributed by atoms with E-state index in [9.17, 15) is 4.79 Å². The van der Waals surface area contributed by atoms with Gasteiger partial charge in [0.15, 0.2) is 0 Å². The van der Waals surface area contributed by atoms with Crippen LogP contribution in [0.5, 0.6) is 0 Å². The van der Waals surface area contributed by atoms with Crippen LogP contribution >= 0.6 is 0 Å². The lowest BCUT2D eigenvalue weighted by molar-refractivity contribution is -0.148. The maximum Gasteiger partial charge on any atom is 0.241 e. The summed E-state index contributed by atoms with van der Waals surface area (Å²) in [5, 5.41) is 3.11. The monoisotopic (exact) mass is 227 g/mol. The molecule has 4 nitrogen and oxygen atoms in total. The van der Waals surface area contributed by atoms with E-state index in [4.69, 9.17) is 0 Å². The Bertz CT molecular complexity index is 253. The normalized spacial score (nSPS) is 26.2. The molecule has 0 aromatic carbocycles. The van der Waals surface area contributed by atoms with Crippen molar-refractivity contribution in [2.24, 2.45) is 0 Å². The highest BCUT2D eigenvalue weighted by molar-refractivity contribution is 5.83. The summed E-state index contributed by atoms with van der Waals surface area (Å²) in [6.45, 7) is 9.10. The molecule has 0 radical (unpaired) electrons. The van der Waals surface area contributed by atoms with Gasteiger partial charge in [-0.1, -0.05) is 6.92 Å². The second kappa shape index (κ2) is 5.15. The van der Waals surface area contributed by atoms with Crippen molar-refractivity contribution < 1.29 is 4.79 Å². The van der Waals surface area contributed by atoms with Crippen LogP contribution in [-0.4, -0.2) is 61.0 Å². The number of piperazine rings is 1. The number of likely N-dealkylation sites (N-methyl/N-ethyl adjacent to an activating group) is 2. The Morgan fingerprint density at radius 1 is 1.50 bits per heavy atom. The molecule has 0 spiro atoms. The zero-order valence-electron chi connectivity index (χ0n) is 11.2. The number of hydrogen-bond donors (Lipinski definition) is 1. The average molecular weight is 227 g/mol. The van der Waals surface area contributed by atoms with Gasteiger partial charge in [0.1, 0.15) is 6.04 Å². The Labute approximate surface area is 99.0 Å². The lowest BCUT2D eigenvalue weighted by atomic mass is 9.95. The molecule has 1 heterocycles. The SMILES string of the molecule is CCCN1CC(C)(C)N(C)C(=O)C1CNC. The molecule has 4 heteroatoms. The van der Waals surface area contributed by atoms with Gasteiger partial charge in [-0.05, 0) is 33.9 Å². The lowest BCUT2D eigenvalue weighted by Crippen LogP contribution is -2.66. The van der Waals surface area contributed by atoms with Crippen molar-refractivity contribution in [3.63, 3.8) is 0 Å². The molecule has 1 amide bonds. The quantitative estimate of drug-likeness (QED) is 0.761. The van der Waals surface area contributed by atoms with E-state index in [1.54, 1.807) is 0 Å². The molecule has 1 aliphatic heterocycles. The van der Waals surface area contributed by atoms with Gasteiger partial charge in [-0.3, -0.25) is 9.69 Å². The van der Waals surface area contributed by atoms with Crippen LogP contribution in [0, 0.1) is 0 Å². The molecule has 0 saturated carbocycles. The summed E-state index contributed by atoms with van der Waals surface area (Å²) in [6, 6.07) is 0.00275. The Morgan fingerprint density at radius 2 is 2.12 bits per heavy atom. The molecule has 0 aromatic heterocycles. The lowest BCUT2D eigenvalue weighted by Gasteiger charge is -2.49. The van der Waals surface area contributed by atoms with E-state index in [1.807, 2.05) is 19.0 Å². The smallest absolute Gasteiger partial charge is 0.241 e. The summed E-state index contributed by atoms with van der Waals surface area (Å²) in [4.78, 5) is 16.5. The molecular formula is C12H25N3O. The van der Waals surface area contributed by atoms with Crippen LogP contribution in [0.15, 0.2) is 0 Å². The average Bonchev–Trinajstić information content (AvgIpc) is 2.21. The zero-order valence-corrected chi connectivity index (χ0v) is 11.2. The Balaban J connectivity index is 2.84. The van der Waals surface area contributed by atoms with Crippen molar-refractivity contribution in [1.29, 1.82) is 0 Å². The molecule has 1 aliphatic rings. The molecule has 1 rings (SSSR count). The third-order valence-electron chi connectivity index (χ3n) is 3.46. The van der Waals surface area contributed by atoms with Crippen LogP contribution < -0.4 is 5.32 Å². The number of carbonyl (C=O) groups excluding carboxylic acids is 1. The van der Waals surface area contributed by atoms with Crippen molar-refractivity contribution in [2.45, 2.75) is 38.8 Å². The minimum Gasteiger partial charge on any atom is -0.338 e. The van der Waals surface area contributed by atoms with Gasteiger partial charge in [-0.25, -0.2) is 0 Å². The van der Waals surface area contributed by atoms with Gasteiger partial charge in [-0.2, -0.15) is 0 Å². The Morgan fingerprint density at radius 3 is 2.62 bits per heavy atom. The van der Waals surface area contributed by atoms with Crippen LogP contribution in [0.3, 0.4) is 0 Å². The topological polar surface area (TPSA) is 35.6 Å². The van der Waals surface area contributed by atoms with Crippen molar-refractivity contribution in [3.05, 3.63) is 0 Å². The highest BCUT2D eigenvalue weighted by atomic mass is 16.2. The van der Waals surface area contributed by atoms with Crippen LogP contribution in [0.4, 0.5) is 0 Å². The van der Waals surface area contributed by atoms with E-state index in [0.29, 0.717) is 0 Å². The second-order valence-corrected chi connectivity index (χ2v) is 5.25. The molecule has 1 unspecified atom stereocenters. The summed E-state index contributed by atoms with van der Waals surface area (Å²) >= 11 is 0. The highest BCUT2D eigenvalue weighted by Gasteiger charge is 2.41. The van der Waals surface area contributed by atoms with E-state index in [-0.39, 0.29) is 17.5 Å². The summed E-state index contributed by atoms with van der Waals surface area (Å²) in [5.74, 6) is 0.235. The van der Waals surface area contributed by atoms with Crippen LogP contribution in [-0.2, 0) is 4.79 Å². The predicted molar refractivity (Wildman–Crippen MR) is 66.4 cm³/mol. The van der Waals surface area contributed by atoms with Gasteiger partial charge < -0.3 is 10.2 Å². The second-order valence-electron chi connectivity index (χ2n) is 5.25.